The van der Waals surface area contributed by atoms with Crippen LogP contribution in [-0.2, 0) is 12.8 Å². The zero-order valence-corrected chi connectivity index (χ0v) is 12.4. The van der Waals surface area contributed by atoms with Gasteiger partial charge in [-0.25, -0.2) is 0 Å². The first kappa shape index (κ1) is 13.1. The number of rotatable bonds is 4. The molecule has 1 heteroatoms. The molecular weight excluding hydrogens is 242 g/mol. The first-order valence-corrected chi connectivity index (χ1v) is 7.69. The van der Waals surface area contributed by atoms with Gasteiger partial charge in [0.15, 0.2) is 11.9 Å². The molecule has 3 rings (SSSR count). The molecule has 0 radical (unpaired) electrons. The topological polar surface area (TPSA) is 4.10 Å². The Kier molecular flexibility index (Phi) is 3.68. The van der Waals surface area contributed by atoms with Gasteiger partial charge in [-0.05, 0) is 30.4 Å². The summed E-state index contributed by atoms with van der Waals surface area (Å²) in [5, 5.41) is 2.81. The Morgan fingerprint density at radius 2 is 1.50 bits per heavy atom. The number of hydrogen-bond acceptors (Lipinski definition) is 0. The molecule has 2 heterocycles. The molecule has 0 fully saturated rings. The molecule has 1 nitrogen and oxygen atoms in total. The number of nitrogens with zero attached hydrogens (tertiary/aromatic N) is 1. The first-order chi connectivity index (χ1) is 9.86. The lowest BCUT2D eigenvalue weighted by Crippen LogP contribution is -2.29. The number of aryl methyl sites for hydroxylation is 2. The average Bonchev–Trinajstić information content (AvgIpc) is 2.51. The summed E-state index contributed by atoms with van der Waals surface area (Å²) >= 11 is 0. The Morgan fingerprint density at radius 1 is 0.800 bits per heavy atom. The van der Waals surface area contributed by atoms with Gasteiger partial charge in [0.1, 0.15) is 0 Å². The van der Waals surface area contributed by atoms with E-state index in [1.54, 1.807) is 0 Å². The van der Waals surface area contributed by atoms with Crippen molar-refractivity contribution in [2.75, 3.05) is 0 Å². The fourth-order valence-electron chi connectivity index (χ4n) is 3.21. The standard InChI is InChI=1S/C19H22N/c1-3-9-16-15-11-5-6-12-17(15)19-13-7-8-14-20(19)18(16)10-4-2/h5-8,11-14H,3-4,9-10H2,1-2H3/q+1. The number of aromatic nitrogens is 1. The summed E-state index contributed by atoms with van der Waals surface area (Å²) in [6.45, 7) is 4.53. The molecule has 0 saturated heterocycles. The summed E-state index contributed by atoms with van der Waals surface area (Å²) in [7, 11) is 0. The molecule has 0 aliphatic carbocycles. The van der Waals surface area contributed by atoms with Crippen molar-refractivity contribution in [2.24, 2.45) is 0 Å². The van der Waals surface area contributed by atoms with E-state index in [0.717, 1.165) is 12.8 Å². The lowest BCUT2D eigenvalue weighted by atomic mass is 9.96. The molecule has 0 aliphatic rings. The Labute approximate surface area is 120 Å². The maximum atomic E-state index is 2.40. The lowest BCUT2D eigenvalue weighted by Gasteiger charge is -2.10. The van der Waals surface area contributed by atoms with Crippen LogP contribution >= 0.6 is 0 Å². The molecule has 0 amide bonds. The predicted octanol–water partition coefficient (Wildman–Crippen LogP) is 4.48. The van der Waals surface area contributed by atoms with Gasteiger partial charge >= 0.3 is 0 Å². The fraction of sp³-hybridized carbons (Fsp3) is 0.316. The van der Waals surface area contributed by atoms with E-state index < -0.39 is 0 Å². The van der Waals surface area contributed by atoms with Crippen LogP contribution in [0, 0.1) is 0 Å². The van der Waals surface area contributed by atoms with Crippen molar-refractivity contribution in [2.45, 2.75) is 39.5 Å². The molecule has 20 heavy (non-hydrogen) atoms. The first-order valence-electron chi connectivity index (χ1n) is 7.69. The maximum Gasteiger partial charge on any atom is 0.218 e. The maximum absolute atomic E-state index is 2.40. The van der Waals surface area contributed by atoms with E-state index in [-0.39, 0.29) is 0 Å². The normalized spacial score (nSPS) is 11.3. The molecule has 3 aromatic rings. The van der Waals surface area contributed by atoms with Crippen LogP contribution < -0.4 is 4.40 Å². The number of benzene rings is 1. The Hall–Kier alpha value is -1.89. The largest absolute Gasteiger partial charge is 0.218 e. The molecule has 0 N–H and O–H groups in total. The molecule has 1 aromatic carbocycles. The summed E-state index contributed by atoms with van der Waals surface area (Å²) in [4.78, 5) is 0. The van der Waals surface area contributed by atoms with E-state index in [1.165, 1.54) is 40.4 Å². The van der Waals surface area contributed by atoms with E-state index in [1.807, 2.05) is 0 Å². The van der Waals surface area contributed by atoms with E-state index >= 15 is 0 Å². The van der Waals surface area contributed by atoms with Crippen LogP contribution in [0.2, 0.25) is 0 Å². The highest BCUT2D eigenvalue weighted by molar-refractivity contribution is 5.96. The molecule has 102 valence electrons. The minimum Gasteiger partial charge on any atom is -0.164 e. The summed E-state index contributed by atoms with van der Waals surface area (Å²) in [6, 6.07) is 15.3. The second kappa shape index (κ2) is 5.62. The lowest BCUT2D eigenvalue weighted by molar-refractivity contribution is -0.521. The van der Waals surface area contributed by atoms with E-state index in [4.69, 9.17) is 0 Å². The van der Waals surface area contributed by atoms with Crippen molar-refractivity contribution in [1.82, 2.24) is 0 Å². The second-order valence-electron chi connectivity index (χ2n) is 5.43. The van der Waals surface area contributed by atoms with Crippen molar-refractivity contribution < 1.29 is 4.40 Å². The van der Waals surface area contributed by atoms with Crippen LogP contribution in [0.1, 0.15) is 37.9 Å². The summed E-state index contributed by atoms with van der Waals surface area (Å²) in [5.74, 6) is 0. The highest BCUT2D eigenvalue weighted by Gasteiger charge is 2.19. The SMILES string of the molecule is CCCc1c(CCC)[n+]2ccccc2c2ccccc12. The summed E-state index contributed by atoms with van der Waals surface area (Å²) in [6.07, 6.45) is 6.90. The van der Waals surface area contributed by atoms with Gasteiger partial charge < -0.3 is 0 Å². The molecule has 0 saturated carbocycles. The number of fused-ring (bicyclic) bond motifs is 3. The zero-order chi connectivity index (χ0) is 13.9. The Bertz CT molecular complexity index is 678. The summed E-state index contributed by atoms with van der Waals surface area (Å²) < 4.78 is 2.40. The monoisotopic (exact) mass is 264 g/mol. The van der Waals surface area contributed by atoms with Crippen LogP contribution in [0.25, 0.3) is 16.3 Å². The van der Waals surface area contributed by atoms with Gasteiger partial charge in [0.2, 0.25) is 5.52 Å². The third kappa shape index (κ3) is 2.07. The minimum absolute atomic E-state index is 1.14. The molecule has 0 aliphatic heterocycles. The van der Waals surface area contributed by atoms with Crippen LogP contribution in [0.3, 0.4) is 0 Å². The van der Waals surface area contributed by atoms with E-state index in [0.29, 0.717) is 0 Å². The van der Waals surface area contributed by atoms with Gasteiger partial charge in [0.25, 0.3) is 0 Å². The number of pyridine rings is 2. The van der Waals surface area contributed by atoms with Crippen LogP contribution in [0.15, 0.2) is 48.7 Å². The van der Waals surface area contributed by atoms with Crippen molar-refractivity contribution in [3.05, 3.63) is 59.9 Å². The van der Waals surface area contributed by atoms with E-state index in [2.05, 4.69) is 66.9 Å². The smallest absolute Gasteiger partial charge is 0.164 e. The van der Waals surface area contributed by atoms with Gasteiger partial charge in [0.05, 0.1) is 5.39 Å². The highest BCUT2D eigenvalue weighted by Crippen LogP contribution is 2.25. The molecule has 0 bridgehead atoms. The van der Waals surface area contributed by atoms with Gasteiger partial charge in [-0.2, -0.15) is 4.40 Å². The van der Waals surface area contributed by atoms with Crippen molar-refractivity contribution >= 4 is 16.3 Å². The van der Waals surface area contributed by atoms with Crippen molar-refractivity contribution in [3.63, 3.8) is 0 Å². The Morgan fingerprint density at radius 3 is 2.25 bits per heavy atom. The molecule has 0 atom stereocenters. The third-order valence-electron chi connectivity index (χ3n) is 4.01. The van der Waals surface area contributed by atoms with Crippen LogP contribution in [-0.4, -0.2) is 0 Å². The van der Waals surface area contributed by atoms with Crippen molar-refractivity contribution in [1.29, 1.82) is 0 Å². The van der Waals surface area contributed by atoms with Gasteiger partial charge in [-0.15, -0.1) is 0 Å². The van der Waals surface area contributed by atoms with Gasteiger partial charge in [-0.1, -0.05) is 38.5 Å². The van der Waals surface area contributed by atoms with Crippen LogP contribution in [0.4, 0.5) is 0 Å². The predicted molar refractivity (Wildman–Crippen MR) is 85.1 cm³/mol. The van der Waals surface area contributed by atoms with E-state index in [9.17, 15) is 0 Å². The Balaban J connectivity index is 2.47. The molecule has 0 unspecified atom stereocenters. The van der Waals surface area contributed by atoms with Crippen LogP contribution in [0.5, 0.6) is 0 Å². The van der Waals surface area contributed by atoms with Crippen molar-refractivity contribution in [3.8, 4) is 0 Å². The molecule has 0 spiro atoms. The zero-order valence-electron chi connectivity index (χ0n) is 12.4. The second-order valence-corrected chi connectivity index (χ2v) is 5.43. The summed E-state index contributed by atoms with van der Waals surface area (Å²) in [5.41, 5.74) is 4.35. The fourth-order valence-corrected chi connectivity index (χ4v) is 3.21. The minimum atomic E-state index is 1.14. The number of hydrogen-bond donors (Lipinski definition) is 0. The highest BCUT2D eigenvalue weighted by atomic mass is 14.9. The quantitative estimate of drug-likeness (QED) is 0.483. The third-order valence-corrected chi connectivity index (χ3v) is 4.01. The molecular formula is C19H22N+. The van der Waals surface area contributed by atoms with Gasteiger partial charge in [0, 0.05) is 24.1 Å². The molecule has 2 aromatic heterocycles. The van der Waals surface area contributed by atoms with Gasteiger partial charge in [-0.3, -0.25) is 0 Å². The average molecular weight is 264 g/mol.